The zero-order valence-corrected chi connectivity index (χ0v) is 13.6. The van der Waals surface area contributed by atoms with Gasteiger partial charge in [-0.1, -0.05) is 13.8 Å². The van der Waals surface area contributed by atoms with Crippen LogP contribution < -0.4 is 0 Å². The Hall–Kier alpha value is -0.370. The van der Waals surface area contributed by atoms with Crippen LogP contribution in [0.25, 0.3) is 0 Å². The van der Waals surface area contributed by atoms with E-state index in [9.17, 15) is 9.90 Å². The molecule has 0 spiro atoms. The van der Waals surface area contributed by atoms with Crippen molar-refractivity contribution in [2.75, 3.05) is 0 Å². The highest BCUT2D eigenvalue weighted by Gasteiger charge is 2.59. The van der Waals surface area contributed by atoms with Crippen molar-refractivity contribution in [3.8, 4) is 0 Å². The van der Waals surface area contributed by atoms with Crippen molar-refractivity contribution in [1.29, 1.82) is 0 Å². The quantitative estimate of drug-likeness (QED) is 0.733. The van der Waals surface area contributed by atoms with E-state index in [0.29, 0.717) is 17.1 Å². The summed E-state index contributed by atoms with van der Waals surface area (Å²) in [5.41, 5.74) is 0.598. The molecular formula is C19H30O2. The summed E-state index contributed by atoms with van der Waals surface area (Å²) in [5, 5.41) is 10.5. The van der Waals surface area contributed by atoms with Gasteiger partial charge in [-0.15, -0.1) is 0 Å². The van der Waals surface area contributed by atoms with Gasteiger partial charge in [0, 0.05) is 12.8 Å². The Kier molecular flexibility index (Phi) is 3.10. The van der Waals surface area contributed by atoms with Crippen LogP contribution in [0.15, 0.2) is 0 Å². The molecular weight excluding hydrogens is 260 g/mol. The lowest BCUT2D eigenvalue weighted by Gasteiger charge is -2.60. The fraction of sp³-hybridized carbons (Fsp3) is 0.947. The molecule has 0 aliphatic heterocycles. The zero-order chi connectivity index (χ0) is 14.8. The van der Waals surface area contributed by atoms with Gasteiger partial charge in [-0.3, -0.25) is 4.79 Å². The number of carbonyl (C=O) groups excluding carboxylic acids is 1. The molecule has 118 valence electrons. The van der Waals surface area contributed by atoms with Gasteiger partial charge in [0.1, 0.15) is 5.78 Å². The Balaban J connectivity index is 1.64. The predicted molar refractivity (Wildman–Crippen MR) is 82.7 cm³/mol. The van der Waals surface area contributed by atoms with Gasteiger partial charge in [-0.05, 0) is 79.4 Å². The van der Waals surface area contributed by atoms with E-state index < -0.39 is 0 Å². The molecule has 4 fully saturated rings. The summed E-state index contributed by atoms with van der Waals surface area (Å²) in [4.78, 5) is 11.9. The summed E-state index contributed by atoms with van der Waals surface area (Å²) < 4.78 is 0. The number of hydrogen-bond acceptors (Lipinski definition) is 2. The molecule has 21 heavy (non-hydrogen) atoms. The molecule has 4 rings (SSSR count). The fourth-order valence-corrected chi connectivity index (χ4v) is 7.02. The lowest BCUT2D eigenvalue weighted by molar-refractivity contribution is -0.141. The summed E-state index contributed by atoms with van der Waals surface area (Å²) in [6.07, 6.45) is 10.0. The lowest BCUT2D eigenvalue weighted by Crippen LogP contribution is -2.54. The minimum atomic E-state index is -0.0677. The van der Waals surface area contributed by atoms with Crippen molar-refractivity contribution < 1.29 is 9.90 Å². The maximum absolute atomic E-state index is 11.9. The van der Waals surface area contributed by atoms with Crippen LogP contribution in [-0.2, 0) is 4.79 Å². The second-order valence-electron chi connectivity index (χ2n) is 9.04. The summed E-state index contributed by atoms with van der Waals surface area (Å²) in [6, 6.07) is 0. The number of fused-ring (bicyclic) bond motifs is 5. The van der Waals surface area contributed by atoms with Gasteiger partial charge in [0.25, 0.3) is 0 Å². The highest BCUT2D eigenvalue weighted by molar-refractivity contribution is 5.79. The molecule has 2 nitrogen and oxygen atoms in total. The van der Waals surface area contributed by atoms with Crippen LogP contribution in [0.3, 0.4) is 0 Å². The number of carbonyl (C=O) groups is 1. The minimum Gasteiger partial charge on any atom is -0.393 e. The van der Waals surface area contributed by atoms with E-state index >= 15 is 0 Å². The maximum Gasteiger partial charge on any atom is 0.133 e. The van der Waals surface area contributed by atoms with Crippen LogP contribution >= 0.6 is 0 Å². The molecule has 0 bridgehead atoms. The van der Waals surface area contributed by atoms with Gasteiger partial charge in [0.15, 0.2) is 0 Å². The molecule has 0 aromatic rings. The van der Waals surface area contributed by atoms with Crippen molar-refractivity contribution in [1.82, 2.24) is 0 Å². The second-order valence-corrected chi connectivity index (χ2v) is 9.04. The van der Waals surface area contributed by atoms with Crippen LogP contribution in [0.2, 0.25) is 0 Å². The van der Waals surface area contributed by atoms with E-state index in [1.165, 1.54) is 32.1 Å². The molecule has 7 atom stereocenters. The summed E-state index contributed by atoms with van der Waals surface area (Å²) >= 11 is 0. The molecule has 0 aromatic heterocycles. The van der Waals surface area contributed by atoms with Crippen LogP contribution in [0.1, 0.15) is 71.6 Å². The average Bonchev–Trinajstić information content (AvgIpc) is 2.76. The molecule has 0 amide bonds. The van der Waals surface area contributed by atoms with Gasteiger partial charge in [-0.25, -0.2) is 0 Å². The number of aliphatic hydroxyl groups excluding tert-OH is 1. The molecule has 4 aliphatic carbocycles. The molecule has 0 saturated heterocycles. The number of hydrogen-bond donors (Lipinski definition) is 1. The van der Waals surface area contributed by atoms with Crippen LogP contribution in [0.5, 0.6) is 0 Å². The third kappa shape index (κ3) is 1.84. The third-order valence-electron chi connectivity index (χ3n) is 8.43. The smallest absolute Gasteiger partial charge is 0.133 e. The van der Waals surface area contributed by atoms with Gasteiger partial charge in [0.05, 0.1) is 6.10 Å². The number of ketones is 1. The lowest BCUT2D eigenvalue weighted by atomic mass is 9.45. The summed E-state index contributed by atoms with van der Waals surface area (Å²) in [5.74, 6) is 3.52. The van der Waals surface area contributed by atoms with Crippen molar-refractivity contribution in [2.45, 2.75) is 77.7 Å². The Morgan fingerprint density at radius 2 is 1.71 bits per heavy atom. The highest BCUT2D eigenvalue weighted by atomic mass is 16.3. The second kappa shape index (κ2) is 4.57. The Labute approximate surface area is 128 Å². The first-order valence-electron chi connectivity index (χ1n) is 9.15. The normalized spacial score (nSPS) is 56.5. The molecule has 0 heterocycles. The number of Topliss-reactive ketones (excluding diaryl/α,β-unsaturated/α-hetero) is 1. The van der Waals surface area contributed by atoms with Gasteiger partial charge < -0.3 is 5.11 Å². The van der Waals surface area contributed by atoms with E-state index in [1.54, 1.807) is 0 Å². The predicted octanol–water partition coefficient (Wildman–Crippen LogP) is 3.96. The van der Waals surface area contributed by atoms with E-state index in [4.69, 9.17) is 0 Å². The van der Waals surface area contributed by atoms with Crippen molar-refractivity contribution in [2.24, 2.45) is 34.5 Å². The molecule has 4 aliphatic rings. The number of aliphatic hydroxyl groups is 1. The van der Waals surface area contributed by atoms with Crippen molar-refractivity contribution in [3.63, 3.8) is 0 Å². The van der Waals surface area contributed by atoms with Crippen LogP contribution in [0, 0.1) is 34.5 Å². The Morgan fingerprint density at radius 1 is 0.952 bits per heavy atom. The number of rotatable bonds is 0. The third-order valence-corrected chi connectivity index (χ3v) is 8.43. The van der Waals surface area contributed by atoms with Crippen molar-refractivity contribution in [3.05, 3.63) is 0 Å². The van der Waals surface area contributed by atoms with Crippen LogP contribution in [0.4, 0.5) is 0 Å². The first-order valence-corrected chi connectivity index (χ1v) is 9.15. The maximum atomic E-state index is 11.9. The summed E-state index contributed by atoms with van der Waals surface area (Å²) in [7, 11) is 0. The van der Waals surface area contributed by atoms with Crippen LogP contribution in [-0.4, -0.2) is 17.0 Å². The Bertz CT molecular complexity index is 458. The standard InChI is InChI=1S/C19H30O2/c1-18-9-7-13(20)11-12(18)3-4-14-15-5-6-17(21)19(15,2)10-8-16(14)18/h12,14-17,21H,3-11H2,1-2H3/t12?,14-,15+,16+,17+,18+,19+/m1/s1. The highest BCUT2D eigenvalue weighted by Crippen LogP contribution is 2.65. The molecule has 0 radical (unpaired) electrons. The Morgan fingerprint density at radius 3 is 2.52 bits per heavy atom. The van der Waals surface area contributed by atoms with Gasteiger partial charge in [0.2, 0.25) is 0 Å². The first kappa shape index (κ1) is 14.2. The molecule has 1 unspecified atom stereocenters. The topological polar surface area (TPSA) is 37.3 Å². The fourth-order valence-electron chi connectivity index (χ4n) is 7.02. The van der Waals surface area contributed by atoms with Crippen molar-refractivity contribution >= 4 is 5.78 Å². The summed E-state index contributed by atoms with van der Waals surface area (Å²) in [6.45, 7) is 4.85. The van der Waals surface area contributed by atoms with Gasteiger partial charge in [-0.2, -0.15) is 0 Å². The molecule has 0 aromatic carbocycles. The van der Waals surface area contributed by atoms with Gasteiger partial charge >= 0.3 is 0 Å². The molecule has 1 N–H and O–H groups in total. The largest absolute Gasteiger partial charge is 0.393 e. The van der Waals surface area contributed by atoms with E-state index in [1.807, 2.05) is 0 Å². The molecule has 2 heteroatoms. The average molecular weight is 290 g/mol. The van der Waals surface area contributed by atoms with E-state index in [-0.39, 0.29) is 11.5 Å². The SMILES string of the molecule is C[C@]12CC[C@H]3[C@H](CCC4CC(=O)CC[C@@]43C)[C@@H]1CC[C@@H]2O. The van der Waals surface area contributed by atoms with E-state index in [2.05, 4.69) is 13.8 Å². The minimum absolute atomic E-state index is 0.0677. The molecule has 4 saturated carbocycles. The van der Waals surface area contributed by atoms with E-state index in [0.717, 1.165) is 43.4 Å². The zero-order valence-electron chi connectivity index (χ0n) is 13.6. The first-order chi connectivity index (χ1) is 9.95. The monoisotopic (exact) mass is 290 g/mol.